The molecule has 2 aromatic rings. The average Bonchev–Trinajstić information content (AvgIpc) is 3.14. The summed E-state index contributed by atoms with van der Waals surface area (Å²) in [6.45, 7) is 9.04. The topological polar surface area (TPSA) is 88.5 Å². The fourth-order valence-corrected chi connectivity index (χ4v) is 4.31. The van der Waals surface area contributed by atoms with Crippen molar-refractivity contribution < 1.29 is 28.9 Å². The van der Waals surface area contributed by atoms with Gasteiger partial charge < -0.3 is 29.1 Å². The SMILES string of the molecule is CCOc1ccc(C(O)=C2C(=O)C(=O)N(CCN(CC)CC)[C@@H]2c2cc(OC)ccc2OC)cc1. The number of carbonyl (C=O) groups excluding carboxylic acids is 2. The fraction of sp³-hybridized carbons (Fsp3) is 0.407. The van der Waals surface area contributed by atoms with E-state index in [1.54, 1.807) is 49.6 Å². The lowest BCUT2D eigenvalue weighted by atomic mass is 9.94. The highest BCUT2D eigenvalue weighted by atomic mass is 16.5. The zero-order valence-corrected chi connectivity index (χ0v) is 21.0. The third kappa shape index (κ3) is 5.43. The van der Waals surface area contributed by atoms with Gasteiger partial charge >= 0.3 is 0 Å². The molecule has 0 aromatic heterocycles. The van der Waals surface area contributed by atoms with E-state index in [2.05, 4.69) is 4.90 Å². The number of ether oxygens (including phenoxy) is 3. The van der Waals surface area contributed by atoms with Gasteiger partial charge in [0.2, 0.25) is 0 Å². The van der Waals surface area contributed by atoms with Crippen LogP contribution in [0.5, 0.6) is 17.2 Å². The summed E-state index contributed by atoms with van der Waals surface area (Å²) >= 11 is 0. The van der Waals surface area contributed by atoms with Gasteiger partial charge in [0.05, 0.1) is 32.4 Å². The average molecular weight is 483 g/mol. The smallest absolute Gasteiger partial charge is 0.295 e. The molecule has 0 unspecified atom stereocenters. The quantitative estimate of drug-likeness (QED) is 0.296. The minimum atomic E-state index is -0.831. The number of amides is 1. The van der Waals surface area contributed by atoms with E-state index in [9.17, 15) is 14.7 Å². The van der Waals surface area contributed by atoms with Gasteiger partial charge in [-0.3, -0.25) is 9.59 Å². The van der Waals surface area contributed by atoms with Gasteiger partial charge in [0.15, 0.2) is 0 Å². The van der Waals surface area contributed by atoms with Crippen molar-refractivity contribution in [2.45, 2.75) is 26.8 Å². The molecule has 0 aliphatic carbocycles. The number of benzene rings is 2. The lowest BCUT2D eigenvalue weighted by molar-refractivity contribution is -0.140. The van der Waals surface area contributed by atoms with Gasteiger partial charge in [0, 0.05) is 24.2 Å². The van der Waals surface area contributed by atoms with Crippen LogP contribution in [-0.4, -0.2) is 73.6 Å². The van der Waals surface area contributed by atoms with E-state index in [-0.39, 0.29) is 11.3 Å². The Kier molecular flexibility index (Phi) is 8.76. The van der Waals surface area contributed by atoms with Crippen LogP contribution in [0.2, 0.25) is 0 Å². The Balaban J connectivity index is 2.16. The minimum absolute atomic E-state index is 0.0188. The molecule has 188 valence electrons. The number of Topliss-reactive ketones (excluding diaryl/α,β-unsaturated/α-hetero) is 1. The maximum atomic E-state index is 13.3. The van der Waals surface area contributed by atoms with Gasteiger partial charge in [-0.25, -0.2) is 0 Å². The molecule has 1 N–H and O–H groups in total. The lowest BCUT2D eigenvalue weighted by Gasteiger charge is -2.29. The van der Waals surface area contributed by atoms with Crippen LogP contribution >= 0.6 is 0 Å². The molecule has 1 aliphatic rings. The molecule has 0 radical (unpaired) electrons. The molecule has 8 heteroatoms. The van der Waals surface area contributed by atoms with Crippen molar-refractivity contribution in [3.63, 3.8) is 0 Å². The van der Waals surface area contributed by atoms with E-state index in [4.69, 9.17) is 14.2 Å². The van der Waals surface area contributed by atoms with Gasteiger partial charge in [-0.15, -0.1) is 0 Å². The Hall–Kier alpha value is -3.52. The molecule has 1 atom stereocenters. The molecular formula is C27H34N2O6. The van der Waals surface area contributed by atoms with Crippen LogP contribution in [0.25, 0.3) is 5.76 Å². The van der Waals surface area contributed by atoms with Crippen molar-refractivity contribution in [1.82, 2.24) is 9.80 Å². The zero-order valence-electron chi connectivity index (χ0n) is 21.0. The summed E-state index contributed by atoms with van der Waals surface area (Å²) < 4.78 is 16.5. The summed E-state index contributed by atoms with van der Waals surface area (Å²) in [6.07, 6.45) is 0. The Morgan fingerprint density at radius 2 is 1.63 bits per heavy atom. The maximum absolute atomic E-state index is 13.3. The van der Waals surface area contributed by atoms with Crippen LogP contribution in [0.1, 0.15) is 37.9 Å². The zero-order chi connectivity index (χ0) is 25.5. The van der Waals surface area contributed by atoms with Crippen LogP contribution in [0.15, 0.2) is 48.0 Å². The third-order valence-corrected chi connectivity index (χ3v) is 6.26. The summed E-state index contributed by atoms with van der Waals surface area (Å²) in [5, 5.41) is 11.3. The number of rotatable bonds is 11. The third-order valence-electron chi connectivity index (χ3n) is 6.26. The number of hydrogen-bond donors (Lipinski definition) is 1. The molecule has 0 spiro atoms. The predicted molar refractivity (Wildman–Crippen MR) is 134 cm³/mol. The highest BCUT2D eigenvalue weighted by Crippen LogP contribution is 2.43. The van der Waals surface area contributed by atoms with E-state index in [0.717, 1.165) is 13.1 Å². The highest BCUT2D eigenvalue weighted by molar-refractivity contribution is 6.46. The van der Waals surface area contributed by atoms with E-state index >= 15 is 0 Å². The van der Waals surface area contributed by atoms with Gasteiger partial charge in [0.1, 0.15) is 23.0 Å². The standard InChI is InChI=1S/C27H34N2O6/c1-6-28(7-2)15-16-29-24(21-17-20(33-4)13-14-22(21)34-5)23(26(31)27(29)32)25(30)18-9-11-19(12-10-18)35-8-3/h9-14,17,24,30H,6-8,15-16H2,1-5H3/t24-/m1/s1. The molecule has 8 nitrogen and oxygen atoms in total. The first kappa shape index (κ1) is 26.1. The molecule has 1 fully saturated rings. The van der Waals surface area contributed by atoms with E-state index in [1.165, 1.54) is 12.0 Å². The van der Waals surface area contributed by atoms with Gasteiger partial charge in [-0.1, -0.05) is 13.8 Å². The van der Waals surface area contributed by atoms with Crippen molar-refractivity contribution in [2.24, 2.45) is 0 Å². The van der Waals surface area contributed by atoms with E-state index in [0.29, 0.717) is 48.1 Å². The summed E-state index contributed by atoms with van der Waals surface area (Å²) in [5.74, 6) is 0.0611. The molecule has 3 rings (SSSR count). The van der Waals surface area contributed by atoms with Crippen LogP contribution < -0.4 is 14.2 Å². The van der Waals surface area contributed by atoms with Crippen molar-refractivity contribution >= 4 is 17.4 Å². The number of ketones is 1. The molecule has 1 amide bonds. The van der Waals surface area contributed by atoms with E-state index < -0.39 is 17.7 Å². The number of aliphatic hydroxyl groups excluding tert-OH is 1. The minimum Gasteiger partial charge on any atom is -0.507 e. The van der Waals surface area contributed by atoms with Gasteiger partial charge in [-0.05, 0) is 62.5 Å². The van der Waals surface area contributed by atoms with Crippen molar-refractivity contribution in [3.05, 3.63) is 59.2 Å². The number of carbonyl (C=O) groups is 2. The molecule has 1 saturated heterocycles. The second kappa shape index (κ2) is 11.8. The monoisotopic (exact) mass is 482 g/mol. The molecule has 2 aromatic carbocycles. The Labute approximate surface area is 206 Å². The van der Waals surface area contributed by atoms with Crippen molar-refractivity contribution in [2.75, 3.05) is 47.0 Å². The number of aliphatic hydroxyl groups is 1. The van der Waals surface area contributed by atoms with Crippen molar-refractivity contribution in [3.8, 4) is 17.2 Å². The molecule has 0 saturated carbocycles. The Morgan fingerprint density at radius 1 is 0.971 bits per heavy atom. The van der Waals surface area contributed by atoms with Gasteiger partial charge in [0.25, 0.3) is 11.7 Å². The summed E-state index contributed by atoms with van der Waals surface area (Å²) in [7, 11) is 3.07. The molecule has 1 aliphatic heterocycles. The number of methoxy groups -OCH3 is 2. The largest absolute Gasteiger partial charge is 0.507 e. The maximum Gasteiger partial charge on any atom is 0.295 e. The van der Waals surface area contributed by atoms with Gasteiger partial charge in [-0.2, -0.15) is 0 Å². The number of hydrogen-bond acceptors (Lipinski definition) is 7. The number of likely N-dealkylation sites (tertiary alicyclic amines) is 1. The highest BCUT2D eigenvalue weighted by Gasteiger charge is 2.47. The van der Waals surface area contributed by atoms with Crippen LogP contribution in [0.4, 0.5) is 0 Å². The molecule has 35 heavy (non-hydrogen) atoms. The summed E-state index contributed by atoms with van der Waals surface area (Å²) in [6, 6.07) is 11.2. The van der Waals surface area contributed by atoms with Crippen LogP contribution in [-0.2, 0) is 9.59 Å². The van der Waals surface area contributed by atoms with Crippen LogP contribution in [0.3, 0.4) is 0 Å². The number of nitrogens with zero attached hydrogens (tertiary/aromatic N) is 2. The van der Waals surface area contributed by atoms with Crippen molar-refractivity contribution in [1.29, 1.82) is 0 Å². The molecular weight excluding hydrogens is 448 g/mol. The second-order valence-corrected chi connectivity index (χ2v) is 8.08. The van der Waals surface area contributed by atoms with E-state index in [1.807, 2.05) is 20.8 Å². The first-order valence-electron chi connectivity index (χ1n) is 11.9. The van der Waals surface area contributed by atoms with Crippen LogP contribution in [0, 0.1) is 0 Å². The normalized spacial score (nSPS) is 17.2. The Bertz CT molecular complexity index is 1080. The fourth-order valence-electron chi connectivity index (χ4n) is 4.31. The second-order valence-electron chi connectivity index (χ2n) is 8.08. The first-order valence-corrected chi connectivity index (χ1v) is 11.9. The Morgan fingerprint density at radius 3 is 2.20 bits per heavy atom. The molecule has 1 heterocycles. The summed E-state index contributed by atoms with van der Waals surface area (Å²) in [4.78, 5) is 30.2. The first-order chi connectivity index (χ1) is 16.9. The lowest BCUT2D eigenvalue weighted by Crippen LogP contribution is -2.38. The summed E-state index contributed by atoms with van der Waals surface area (Å²) in [5.41, 5.74) is 1.01. The molecule has 0 bridgehead atoms. The predicted octanol–water partition coefficient (Wildman–Crippen LogP) is 3.87. The number of likely N-dealkylation sites (N-methyl/N-ethyl adjacent to an activating group) is 1.